The number of hydrogen-bond acceptors (Lipinski definition) is 5. The van der Waals surface area contributed by atoms with Gasteiger partial charge in [0.1, 0.15) is 5.52 Å². The summed E-state index contributed by atoms with van der Waals surface area (Å²) in [6, 6.07) is 8.97. The van der Waals surface area contributed by atoms with Gasteiger partial charge in [0.2, 0.25) is 0 Å². The van der Waals surface area contributed by atoms with Gasteiger partial charge in [-0.25, -0.2) is 0 Å². The Kier molecular flexibility index (Phi) is 3.56. The SMILES string of the molecule is CC1CNCCN1c1nc2cc(Cl)cc(-c3cccs3)c2o1. The maximum atomic E-state index is 6.26. The molecule has 1 atom stereocenters. The van der Waals surface area contributed by atoms with Crippen LogP contribution >= 0.6 is 22.9 Å². The highest BCUT2D eigenvalue weighted by atomic mass is 35.5. The standard InChI is InChI=1S/C16H16ClN3OS/c1-10-9-18-4-5-20(10)16-19-13-8-11(17)7-12(15(13)21-16)14-3-2-6-22-14/h2-3,6-8,10,18H,4-5,9H2,1H3. The fourth-order valence-corrected chi connectivity index (χ4v) is 3.80. The lowest BCUT2D eigenvalue weighted by Crippen LogP contribution is -2.50. The summed E-state index contributed by atoms with van der Waals surface area (Å²) < 4.78 is 6.12. The topological polar surface area (TPSA) is 41.3 Å². The zero-order valence-corrected chi connectivity index (χ0v) is 13.7. The third kappa shape index (κ3) is 2.39. The van der Waals surface area contributed by atoms with Gasteiger partial charge in [0, 0.05) is 41.1 Å². The van der Waals surface area contributed by atoms with Crippen molar-refractivity contribution < 1.29 is 4.42 Å². The van der Waals surface area contributed by atoms with Crippen molar-refractivity contribution in [2.45, 2.75) is 13.0 Å². The Hall–Kier alpha value is -1.56. The fraction of sp³-hybridized carbons (Fsp3) is 0.312. The lowest BCUT2D eigenvalue weighted by molar-refractivity contribution is 0.456. The molecule has 0 saturated carbocycles. The zero-order valence-electron chi connectivity index (χ0n) is 12.2. The van der Waals surface area contributed by atoms with E-state index in [2.05, 4.69) is 33.6 Å². The van der Waals surface area contributed by atoms with E-state index in [9.17, 15) is 0 Å². The highest BCUT2D eigenvalue weighted by molar-refractivity contribution is 7.13. The molecule has 1 saturated heterocycles. The summed E-state index contributed by atoms with van der Waals surface area (Å²) >= 11 is 7.94. The first-order chi connectivity index (χ1) is 10.7. The summed E-state index contributed by atoms with van der Waals surface area (Å²) in [7, 11) is 0. The largest absolute Gasteiger partial charge is 0.423 e. The number of anilines is 1. The molecule has 3 heterocycles. The van der Waals surface area contributed by atoms with Crippen molar-refractivity contribution in [3.8, 4) is 10.4 Å². The number of halogens is 1. The minimum atomic E-state index is 0.363. The zero-order chi connectivity index (χ0) is 15.1. The van der Waals surface area contributed by atoms with E-state index in [0.717, 1.165) is 41.2 Å². The minimum absolute atomic E-state index is 0.363. The number of fused-ring (bicyclic) bond motifs is 1. The predicted molar refractivity (Wildman–Crippen MR) is 92.0 cm³/mol. The van der Waals surface area contributed by atoms with Crippen LogP contribution in [0.4, 0.5) is 6.01 Å². The Morgan fingerprint density at radius 1 is 1.45 bits per heavy atom. The van der Waals surface area contributed by atoms with Crippen LogP contribution in [0.3, 0.4) is 0 Å². The van der Waals surface area contributed by atoms with Gasteiger partial charge in [0.25, 0.3) is 6.01 Å². The summed E-state index contributed by atoms with van der Waals surface area (Å²) in [6.07, 6.45) is 0. The first-order valence-electron chi connectivity index (χ1n) is 7.34. The molecule has 3 aromatic rings. The maximum absolute atomic E-state index is 6.26. The Balaban J connectivity index is 1.85. The Morgan fingerprint density at radius 3 is 3.14 bits per heavy atom. The number of hydrogen-bond donors (Lipinski definition) is 1. The van der Waals surface area contributed by atoms with Crippen LogP contribution < -0.4 is 10.2 Å². The maximum Gasteiger partial charge on any atom is 0.298 e. The van der Waals surface area contributed by atoms with Crippen LogP contribution in [0.2, 0.25) is 5.02 Å². The van der Waals surface area contributed by atoms with Crippen molar-refractivity contribution in [1.29, 1.82) is 0 Å². The van der Waals surface area contributed by atoms with E-state index in [1.54, 1.807) is 11.3 Å². The van der Waals surface area contributed by atoms with Gasteiger partial charge < -0.3 is 14.6 Å². The van der Waals surface area contributed by atoms with E-state index in [4.69, 9.17) is 16.0 Å². The number of thiophene rings is 1. The van der Waals surface area contributed by atoms with Gasteiger partial charge in [-0.05, 0) is 30.5 Å². The Morgan fingerprint density at radius 2 is 2.36 bits per heavy atom. The number of rotatable bonds is 2. The normalized spacial score (nSPS) is 19.0. The van der Waals surface area contributed by atoms with Crippen molar-refractivity contribution in [3.63, 3.8) is 0 Å². The van der Waals surface area contributed by atoms with Gasteiger partial charge in [-0.2, -0.15) is 4.98 Å². The van der Waals surface area contributed by atoms with Crippen LogP contribution in [-0.2, 0) is 0 Å². The average molecular weight is 334 g/mol. The molecular formula is C16H16ClN3OS. The third-order valence-corrected chi connectivity index (χ3v) is 5.10. The van der Waals surface area contributed by atoms with Crippen molar-refractivity contribution in [1.82, 2.24) is 10.3 Å². The molecule has 1 unspecified atom stereocenters. The van der Waals surface area contributed by atoms with Crippen molar-refractivity contribution in [2.75, 3.05) is 24.5 Å². The molecule has 22 heavy (non-hydrogen) atoms. The van der Waals surface area contributed by atoms with Crippen LogP contribution in [0.15, 0.2) is 34.1 Å². The molecule has 0 spiro atoms. The van der Waals surface area contributed by atoms with E-state index in [1.165, 1.54) is 0 Å². The summed E-state index contributed by atoms with van der Waals surface area (Å²) in [5.74, 6) is 0. The third-order valence-electron chi connectivity index (χ3n) is 3.98. The first kappa shape index (κ1) is 14.1. The number of oxazole rings is 1. The quantitative estimate of drug-likeness (QED) is 0.769. The van der Waals surface area contributed by atoms with Crippen LogP contribution in [0.1, 0.15) is 6.92 Å². The highest BCUT2D eigenvalue weighted by Gasteiger charge is 2.24. The molecule has 1 fully saturated rings. The Labute approximate surface area is 137 Å². The Bertz CT molecular complexity index is 799. The van der Waals surface area contributed by atoms with E-state index in [-0.39, 0.29) is 0 Å². The molecule has 4 rings (SSSR count). The van der Waals surface area contributed by atoms with Crippen LogP contribution in [0, 0.1) is 0 Å². The van der Waals surface area contributed by atoms with Gasteiger partial charge in [0.05, 0.1) is 0 Å². The fourth-order valence-electron chi connectivity index (χ4n) is 2.85. The lowest BCUT2D eigenvalue weighted by Gasteiger charge is -2.32. The molecule has 2 aromatic heterocycles. The second kappa shape index (κ2) is 5.57. The van der Waals surface area contributed by atoms with Crippen LogP contribution in [-0.4, -0.2) is 30.7 Å². The van der Waals surface area contributed by atoms with Gasteiger partial charge in [-0.15, -0.1) is 11.3 Å². The number of aromatic nitrogens is 1. The first-order valence-corrected chi connectivity index (χ1v) is 8.59. The molecule has 1 aliphatic rings. The van der Waals surface area contributed by atoms with E-state index in [1.807, 2.05) is 18.2 Å². The number of nitrogens with one attached hydrogen (secondary N) is 1. The molecule has 0 radical (unpaired) electrons. The van der Waals surface area contributed by atoms with Crippen molar-refractivity contribution >= 4 is 40.1 Å². The molecule has 0 aliphatic carbocycles. The van der Waals surface area contributed by atoms with Gasteiger partial charge >= 0.3 is 0 Å². The molecule has 0 bridgehead atoms. The van der Waals surface area contributed by atoms with E-state index >= 15 is 0 Å². The van der Waals surface area contributed by atoms with Gasteiger partial charge in [-0.1, -0.05) is 17.7 Å². The van der Waals surface area contributed by atoms with Crippen LogP contribution in [0.5, 0.6) is 0 Å². The van der Waals surface area contributed by atoms with E-state index in [0.29, 0.717) is 17.1 Å². The van der Waals surface area contributed by atoms with E-state index < -0.39 is 0 Å². The summed E-state index contributed by atoms with van der Waals surface area (Å²) in [5, 5.41) is 6.12. The highest BCUT2D eigenvalue weighted by Crippen LogP contribution is 2.36. The molecule has 1 aliphatic heterocycles. The van der Waals surface area contributed by atoms with Gasteiger partial charge in [-0.3, -0.25) is 0 Å². The molecular weight excluding hydrogens is 318 g/mol. The second-order valence-electron chi connectivity index (χ2n) is 5.52. The smallest absolute Gasteiger partial charge is 0.298 e. The number of piperazine rings is 1. The molecule has 4 nitrogen and oxygen atoms in total. The number of benzene rings is 1. The van der Waals surface area contributed by atoms with Gasteiger partial charge in [0.15, 0.2) is 5.58 Å². The molecule has 0 amide bonds. The monoisotopic (exact) mass is 333 g/mol. The molecule has 1 N–H and O–H groups in total. The molecule has 1 aromatic carbocycles. The summed E-state index contributed by atoms with van der Waals surface area (Å²) in [6.45, 7) is 4.96. The van der Waals surface area contributed by atoms with Crippen molar-refractivity contribution in [2.24, 2.45) is 0 Å². The minimum Gasteiger partial charge on any atom is -0.423 e. The summed E-state index contributed by atoms with van der Waals surface area (Å²) in [5.41, 5.74) is 2.64. The second-order valence-corrected chi connectivity index (χ2v) is 6.91. The lowest BCUT2D eigenvalue weighted by atomic mass is 10.1. The summed E-state index contributed by atoms with van der Waals surface area (Å²) in [4.78, 5) is 8.02. The predicted octanol–water partition coefficient (Wildman–Crippen LogP) is 4.01. The molecule has 114 valence electrons. The van der Waals surface area contributed by atoms with Crippen molar-refractivity contribution in [3.05, 3.63) is 34.7 Å². The number of nitrogens with zero attached hydrogens (tertiary/aromatic N) is 2. The average Bonchev–Trinajstić information content (AvgIpc) is 3.15. The molecule has 6 heteroatoms. The van der Waals surface area contributed by atoms with Crippen LogP contribution in [0.25, 0.3) is 21.5 Å².